The lowest BCUT2D eigenvalue weighted by Gasteiger charge is -2.05. The molecule has 3 nitrogen and oxygen atoms in total. The number of hydrogen-bond donors (Lipinski definition) is 1. The Bertz CT molecular complexity index is 344. The molecule has 0 heterocycles. The van der Waals surface area contributed by atoms with E-state index in [9.17, 15) is 4.79 Å². The fraction of sp³-hybridized carbons (Fsp3) is 0.963. The van der Waals surface area contributed by atoms with Gasteiger partial charge in [-0.05, 0) is 12.3 Å². The molecule has 0 aromatic heterocycles. The van der Waals surface area contributed by atoms with Crippen LogP contribution in [-0.2, 0) is 4.74 Å². The SMILES string of the molecule is CC(C)CCCCCCCCCCCCCCCCCCCCCCCOC(N)=O. The molecule has 0 radical (unpaired) electrons. The van der Waals surface area contributed by atoms with Crippen molar-refractivity contribution in [2.45, 2.75) is 155 Å². The molecule has 0 atom stereocenters. The molecule has 1 amide bonds. The molecule has 0 aliphatic heterocycles. The zero-order chi connectivity index (χ0) is 22.1. The van der Waals surface area contributed by atoms with Crippen LogP contribution in [0.5, 0.6) is 0 Å². The molecule has 0 spiro atoms. The maximum atomic E-state index is 10.4. The number of hydrogen-bond acceptors (Lipinski definition) is 2. The van der Waals surface area contributed by atoms with Crippen LogP contribution in [0.1, 0.15) is 155 Å². The van der Waals surface area contributed by atoms with E-state index in [-0.39, 0.29) is 0 Å². The number of ether oxygens (including phenoxy) is 1. The van der Waals surface area contributed by atoms with Gasteiger partial charge in [0.1, 0.15) is 0 Å². The summed E-state index contributed by atoms with van der Waals surface area (Å²) in [5.41, 5.74) is 4.93. The van der Waals surface area contributed by atoms with Crippen LogP contribution >= 0.6 is 0 Å². The first-order chi connectivity index (χ1) is 14.6. The highest BCUT2D eigenvalue weighted by molar-refractivity contribution is 5.64. The molecule has 30 heavy (non-hydrogen) atoms. The molecule has 0 unspecified atom stereocenters. The highest BCUT2D eigenvalue weighted by Gasteiger charge is 1.97. The Morgan fingerprint density at radius 2 is 0.800 bits per heavy atom. The van der Waals surface area contributed by atoms with Crippen molar-refractivity contribution < 1.29 is 9.53 Å². The third-order valence-electron chi connectivity index (χ3n) is 6.17. The minimum Gasteiger partial charge on any atom is -0.450 e. The number of amides is 1. The first kappa shape index (κ1) is 29.3. The van der Waals surface area contributed by atoms with Gasteiger partial charge in [-0.1, -0.05) is 149 Å². The second-order valence-electron chi connectivity index (χ2n) is 9.77. The molecule has 0 aromatic rings. The molecule has 3 heteroatoms. The minimum atomic E-state index is -0.649. The predicted octanol–water partition coefficient (Wildman–Crippen LogP) is 9.32. The molecule has 0 saturated carbocycles. The maximum Gasteiger partial charge on any atom is 0.404 e. The van der Waals surface area contributed by atoms with Crippen LogP contribution in [0.3, 0.4) is 0 Å². The third-order valence-corrected chi connectivity index (χ3v) is 6.17. The summed E-state index contributed by atoms with van der Waals surface area (Å²) in [6, 6.07) is 0. The average molecular weight is 426 g/mol. The second-order valence-corrected chi connectivity index (χ2v) is 9.77. The first-order valence-electron chi connectivity index (χ1n) is 13.5. The van der Waals surface area contributed by atoms with E-state index in [1.54, 1.807) is 0 Å². The number of unbranched alkanes of at least 4 members (excludes halogenated alkanes) is 20. The van der Waals surface area contributed by atoms with Crippen LogP contribution < -0.4 is 5.73 Å². The van der Waals surface area contributed by atoms with Crippen molar-refractivity contribution in [1.82, 2.24) is 0 Å². The Labute approximate surface area is 189 Å². The standard InChI is InChI=1S/C27H55NO2/c1-26(2)24-22-20-18-16-14-12-10-8-6-4-3-5-7-9-11-13-15-17-19-21-23-25-30-27(28)29/h26H,3-25H2,1-2H3,(H2,28,29). The van der Waals surface area contributed by atoms with Crippen molar-refractivity contribution >= 4 is 6.09 Å². The highest BCUT2D eigenvalue weighted by Crippen LogP contribution is 2.15. The van der Waals surface area contributed by atoms with Gasteiger partial charge in [0.2, 0.25) is 0 Å². The van der Waals surface area contributed by atoms with E-state index in [0.29, 0.717) is 6.61 Å². The normalized spacial score (nSPS) is 11.3. The quantitative estimate of drug-likeness (QED) is 0.157. The first-order valence-corrected chi connectivity index (χ1v) is 13.5. The van der Waals surface area contributed by atoms with Crippen molar-refractivity contribution in [3.05, 3.63) is 0 Å². The summed E-state index contributed by atoms with van der Waals surface area (Å²) in [4.78, 5) is 10.4. The summed E-state index contributed by atoms with van der Waals surface area (Å²) in [5.74, 6) is 0.884. The lowest BCUT2D eigenvalue weighted by molar-refractivity contribution is 0.154. The molecular formula is C27H55NO2. The third kappa shape index (κ3) is 27.3. The Balaban J connectivity index is 3.01. The van der Waals surface area contributed by atoms with Crippen molar-refractivity contribution in [1.29, 1.82) is 0 Å². The molecule has 0 rings (SSSR count). The van der Waals surface area contributed by atoms with Gasteiger partial charge in [-0.25, -0.2) is 4.79 Å². The molecule has 0 saturated heterocycles. The van der Waals surface area contributed by atoms with E-state index >= 15 is 0 Å². The van der Waals surface area contributed by atoms with Crippen molar-refractivity contribution in [3.8, 4) is 0 Å². The molecule has 180 valence electrons. The summed E-state index contributed by atoms with van der Waals surface area (Å²) in [6.45, 7) is 5.15. The molecule has 0 aliphatic carbocycles. The largest absolute Gasteiger partial charge is 0.450 e. The number of primary amides is 1. The smallest absolute Gasteiger partial charge is 0.404 e. The fourth-order valence-electron chi connectivity index (χ4n) is 4.19. The van der Waals surface area contributed by atoms with Gasteiger partial charge in [0.05, 0.1) is 6.61 Å². The van der Waals surface area contributed by atoms with E-state index in [4.69, 9.17) is 10.5 Å². The van der Waals surface area contributed by atoms with Crippen molar-refractivity contribution in [3.63, 3.8) is 0 Å². The highest BCUT2D eigenvalue weighted by atomic mass is 16.5. The summed E-state index contributed by atoms with van der Waals surface area (Å²) in [6.07, 6.45) is 29.9. The zero-order valence-electron chi connectivity index (χ0n) is 20.7. The monoisotopic (exact) mass is 425 g/mol. The molecule has 0 aromatic carbocycles. The molecule has 0 bridgehead atoms. The van der Waals surface area contributed by atoms with Crippen LogP contribution in [0, 0.1) is 5.92 Å². The van der Waals surface area contributed by atoms with Gasteiger partial charge in [0, 0.05) is 0 Å². The van der Waals surface area contributed by atoms with Crippen LogP contribution in [0.4, 0.5) is 4.79 Å². The van der Waals surface area contributed by atoms with Crippen LogP contribution in [0.15, 0.2) is 0 Å². The lowest BCUT2D eigenvalue weighted by atomic mass is 10.0. The Hall–Kier alpha value is -0.730. The average Bonchev–Trinajstić information content (AvgIpc) is 2.70. The lowest BCUT2D eigenvalue weighted by Crippen LogP contribution is -2.13. The van der Waals surface area contributed by atoms with Gasteiger partial charge in [0.25, 0.3) is 0 Å². The van der Waals surface area contributed by atoms with Gasteiger partial charge in [0.15, 0.2) is 0 Å². The Morgan fingerprint density at radius 3 is 1.07 bits per heavy atom. The number of carbonyl (C=O) groups is 1. The van der Waals surface area contributed by atoms with Gasteiger partial charge < -0.3 is 10.5 Å². The Kier molecular flexibility index (Phi) is 23.9. The maximum absolute atomic E-state index is 10.4. The van der Waals surface area contributed by atoms with E-state index in [1.165, 1.54) is 128 Å². The van der Waals surface area contributed by atoms with Crippen LogP contribution in [0.25, 0.3) is 0 Å². The number of rotatable bonds is 24. The van der Waals surface area contributed by atoms with Crippen LogP contribution in [0.2, 0.25) is 0 Å². The Morgan fingerprint density at radius 1 is 0.533 bits per heavy atom. The van der Waals surface area contributed by atoms with E-state index in [0.717, 1.165) is 18.8 Å². The fourth-order valence-corrected chi connectivity index (χ4v) is 4.19. The number of carbonyl (C=O) groups excluding carboxylic acids is 1. The summed E-state index contributed by atoms with van der Waals surface area (Å²) in [7, 11) is 0. The topological polar surface area (TPSA) is 52.3 Å². The van der Waals surface area contributed by atoms with Gasteiger partial charge in [-0.2, -0.15) is 0 Å². The van der Waals surface area contributed by atoms with Crippen LogP contribution in [-0.4, -0.2) is 12.7 Å². The van der Waals surface area contributed by atoms with Gasteiger partial charge in [-0.15, -0.1) is 0 Å². The van der Waals surface area contributed by atoms with Crippen molar-refractivity contribution in [2.75, 3.05) is 6.61 Å². The summed E-state index contributed by atoms with van der Waals surface area (Å²) >= 11 is 0. The predicted molar refractivity (Wildman–Crippen MR) is 132 cm³/mol. The van der Waals surface area contributed by atoms with Gasteiger partial charge in [-0.3, -0.25) is 0 Å². The molecule has 2 N–H and O–H groups in total. The zero-order valence-corrected chi connectivity index (χ0v) is 20.7. The molecular weight excluding hydrogens is 370 g/mol. The molecule has 0 aliphatic rings. The van der Waals surface area contributed by atoms with E-state index < -0.39 is 6.09 Å². The molecule has 0 fully saturated rings. The van der Waals surface area contributed by atoms with E-state index in [1.807, 2.05) is 0 Å². The second kappa shape index (κ2) is 24.5. The minimum absolute atomic E-state index is 0.480. The van der Waals surface area contributed by atoms with E-state index in [2.05, 4.69) is 13.8 Å². The van der Waals surface area contributed by atoms with Crippen molar-refractivity contribution in [2.24, 2.45) is 11.7 Å². The number of nitrogens with two attached hydrogens (primary N) is 1. The van der Waals surface area contributed by atoms with Gasteiger partial charge >= 0.3 is 6.09 Å². The summed E-state index contributed by atoms with van der Waals surface area (Å²) in [5, 5.41) is 0. The summed E-state index contributed by atoms with van der Waals surface area (Å²) < 4.78 is 4.73.